The molecule has 1 amide bonds. The monoisotopic (exact) mass is 322 g/mol. The fourth-order valence-corrected chi connectivity index (χ4v) is 0.289. The van der Waals surface area contributed by atoms with Gasteiger partial charge in [-0.15, -0.1) is 0 Å². The van der Waals surface area contributed by atoms with Crippen LogP contribution in [0.3, 0.4) is 0 Å². The van der Waals surface area contributed by atoms with E-state index < -0.39 is 5.97 Å². The fraction of sp³-hybridized carbons (Fsp3) is 0.235. The summed E-state index contributed by atoms with van der Waals surface area (Å²) in [6, 6.07) is 1.69. The van der Waals surface area contributed by atoms with Gasteiger partial charge in [-0.2, -0.15) is 5.26 Å². The summed E-state index contributed by atoms with van der Waals surface area (Å²) >= 11 is 0. The first-order chi connectivity index (χ1) is 10.7. The van der Waals surface area contributed by atoms with E-state index in [0.29, 0.717) is 5.57 Å². The lowest BCUT2D eigenvalue weighted by atomic mass is 10.3. The molecular formula is C17H26N2O4. The van der Waals surface area contributed by atoms with E-state index in [0.717, 1.165) is 0 Å². The highest BCUT2D eigenvalue weighted by molar-refractivity contribution is 5.91. The van der Waals surface area contributed by atoms with Gasteiger partial charge in [0.15, 0.2) is 0 Å². The van der Waals surface area contributed by atoms with Crippen LogP contribution in [0, 0.1) is 11.3 Å². The topological polar surface area (TPSA) is 99.4 Å². The van der Waals surface area contributed by atoms with Gasteiger partial charge in [-0.1, -0.05) is 45.0 Å². The smallest absolute Gasteiger partial charge is 0.330 e. The Morgan fingerprint density at radius 1 is 1.17 bits per heavy atom. The molecule has 0 heterocycles. The predicted molar refractivity (Wildman–Crippen MR) is 93.5 cm³/mol. The van der Waals surface area contributed by atoms with E-state index in [1.807, 2.05) is 0 Å². The number of rotatable bonds is 5. The van der Waals surface area contributed by atoms with Crippen molar-refractivity contribution >= 4 is 11.9 Å². The van der Waals surface area contributed by atoms with Crippen LogP contribution >= 0.6 is 0 Å². The lowest BCUT2D eigenvalue weighted by Gasteiger charge is -2.00. The minimum Gasteiger partial charge on any atom is -0.478 e. The number of nitrogens with zero attached hydrogens (tertiary/aromatic N) is 1. The van der Waals surface area contributed by atoms with Crippen LogP contribution < -0.4 is 5.32 Å². The first kappa shape index (κ1) is 28.3. The third kappa shape index (κ3) is 45.3. The number of hydrogen-bond donors (Lipinski definition) is 2. The highest BCUT2D eigenvalue weighted by Gasteiger charge is 1.96. The molecule has 0 aromatic rings. The molecule has 23 heavy (non-hydrogen) atoms. The number of nitrogens with one attached hydrogen (secondary N) is 1. The largest absolute Gasteiger partial charge is 0.478 e. The van der Waals surface area contributed by atoms with E-state index in [2.05, 4.69) is 42.9 Å². The summed E-state index contributed by atoms with van der Waals surface area (Å²) in [5.74, 6) is -1.10. The average Bonchev–Trinajstić information content (AvgIpc) is 2.53. The van der Waals surface area contributed by atoms with Crippen LogP contribution in [0.15, 0.2) is 62.3 Å². The van der Waals surface area contributed by atoms with Crippen molar-refractivity contribution in [3.8, 4) is 6.07 Å². The third-order valence-corrected chi connectivity index (χ3v) is 1.39. The maximum absolute atomic E-state index is 10.6. The summed E-state index contributed by atoms with van der Waals surface area (Å²) in [5.41, 5.74) is 0.669. The zero-order valence-electron chi connectivity index (χ0n) is 14.1. The van der Waals surface area contributed by atoms with E-state index in [1.54, 1.807) is 25.1 Å². The quantitative estimate of drug-likeness (QED) is 0.351. The Morgan fingerprint density at radius 3 is 1.65 bits per heavy atom. The van der Waals surface area contributed by atoms with E-state index in [4.69, 9.17) is 10.4 Å². The highest BCUT2D eigenvalue weighted by Crippen LogP contribution is 1.83. The summed E-state index contributed by atoms with van der Waals surface area (Å²) in [7, 11) is 1.51. The second-order valence-corrected chi connectivity index (χ2v) is 3.61. The molecule has 0 saturated heterocycles. The van der Waals surface area contributed by atoms with Crippen molar-refractivity contribution < 1.29 is 19.4 Å². The van der Waals surface area contributed by atoms with E-state index in [1.165, 1.54) is 20.1 Å². The number of nitriles is 1. The molecule has 0 aliphatic carbocycles. The molecule has 0 unspecified atom stereocenters. The van der Waals surface area contributed by atoms with E-state index in [9.17, 15) is 9.59 Å². The van der Waals surface area contributed by atoms with Crippen LogP contribution in [0.4, 0.5) is 0 Å². The van der Waals surface area contributed by atoms with Crippen molar-refractivity contribution in [3.63, 3.8) is 0 Å². The maximum Gasteiger partial charge on any atom is 0.330 e. The Kier molecular flexibility index (Phi) is 29.7. The normalized spacial score (nSPS) is 6.87. The lowest BCUT2D eigenvalue weighted by molar-refractivity contribution is -0.132. The molecule has 0 saturated carbocycles. The number of carboxylic acid groups (broad SMARTS) is 1. The van der Waals surface area contributed by atoms with Gasteiger partial charge in [0.2, 0.25) is 5.91 Å². The van der Waals surface area contributed by atoms with Gasteiger partial charge in [0, 0.05) is 24.3 Å². The van der Waals surface area contributed by atoms with Gasteiger partial charge in [0.25, 0.3) is 0 Å². The van der Waals surface area contributed by atoms with Gasteiger partial charge in [-0.05, 0) is 13.8 Å². The molecule has 0 spiro atoms. The Bertz CT molecular complexity index is 428. The maximum atomic E-state index is 10.6. The fourth-order valence-electron chi connectivity index (χ4n) is 0.289. The molecule has 0 aromatic heterocycles. The second kappa shape index (κ2) is 24.1. The molecular weight excluding hydrogens is 296 g/mol. The van der Waals surface area contributed by atoms with E-state index in [-0.39, 0.29) is 18.2 Å². The van der Waals surface area contributed by atoms with Crippen LogP contribution in [0.2, 0.25) is 0 Å². The summed E-state index contributed by atoms with van der Waals surface area (Å²) in [5, 5.41) is 17.9. The number of carbonyl (C=O) groups excluding carboxylic acids is 1. The van der Waals surface area contributed by atoms with Gasteiger partial charge in [0.1, 0.15) is 6.73 Å². The summed E-state index contributed by atoms with van der Waals surface area (Å²) < 4.78 is 4.59. The van der Waals surface area contributed by atoms with E-state index >= 15 is 0 Å². The summed E-state index contributed by atoms with van der Waals surface area (Å²) in [6.45, 7) is 19.8. The SMILES string of the molecule is C=C(C)C(=O)NCOC.C=C(C)C(=O)O.C=CC#N.C=CC=C. The molecule has 0 aliphatic rings. The number of carbonyl (C=O) groups is 2. The molecule has 0 fully saturated rings. The van der Waals surface area contributed by atoms with Crippen molar-refractivity contribution in [2.24, 2.45) is 0 Å². The number of aliphatic carboxylic acids is 1. The van der Waals surface area contributed by atoms with Crippen LogP contribution in [0.25, 0.3) is 0 Å². The molecule has 6 heteroatoms. The number of allylic oxidation sites excluding steroid dienone is 3. The zero-order valence-corrected chi connectivity index (χ0v) is 14.1. The number of carboxylic acids is 1. The molecule has 0 atom stereocenters. The number of hydrogen-bond acceptors (Lipinski definition) is 4. The minimum absolute atomic E-state index is 0.170. The van der Waals surface area contributed by atoms with Gasteiger partial charge in [-0.3, -0.25) is 4.79 Å². The predicted octanol–water partition coefficient (Wildman–Crippen LogP) is 2.98. The van der Waals surface area contributed by atoms with Crippen LogP contribution in [-0.4, -0.2) is 30.8 Å². The van der Waals surface area contributed by atoms with Crippen molar-refractivity contribution in [1.82, 2.24) is 5.32 Å². The molecule has 0 aliphatic heterocycles. The van der Waals surface area contributed by atoms with Crippen LogP contribution in [-0.2, 0) is 14.3 Å². The second-order valence-electron chi connectivity index (χ2n) is 3.61. The van der Waals surface area contributed by atoms with Crippen molar-refractivity contribution in [3.05, 3.63) is 62.3 Å². The van der Waals surface area contributed by atoms with Crippen molar-refractivity contribution in [2.45, 2.75) is 13.8 Å². The molecule has 2 N–H and O–H groups in total. The Morgan fingerprint density at radius 2 is 1.52 bits per heavy atom. The lowest BCUT2D eigenvalue weighted by Crippen LogP contribution is -2.25. The summed E-state index contributed by atoms with van der Waals surface area (Å²) in [4.78, 5) is 20.2. The third-order valence-electron chi connectivity index (χ3n) is 1.39. The van der Waals surface area contributed by atoms with Crippen LogP contribution in [0.5, 0.6) is 0 Å². The first-order valence-electron chi connectivity index (χ1n) is 6.21. The number of methoxy groups -OCH3 is 1. The number of amides is 1. The molecule has 6 nitrogen and oxygen atoms in total. The van der Waals surface area contributed by atoms with Crippen molar-refractivity contribution in [2.75, 3.05) is 13.8 Å². The Balaban J connectivity index is -0.000000112. The minimum atomic E-state index is -0.935. The molecule has 0 aromatic carbocycles. The molecule has 0 radical (unpaired) electrons. The molecule has 0 rings (SSSR count). The molecule has 128 valence electrons. The van der Waals surface area contributed by atoms with Gasteiger partial charge in [0.05, 0.1) is 6.07 Å². The average molecular weight is 322 g/mol. The first-order valence-corrected chi connectivity index (χ1v) is 6.21. The standard InChI is InChI=1S/C6H11NO2.C4H6O2.C4H6.C3H3N/c1-5(2)6(8)7-4-9-3;1-3(2)4(5)6;1-3-4-2;1-2-3-4/h1,4H2,2-3H3,(H,7,8);1H2,2H3,(H,5,6);3-4H,1-2H2;2H,1H2. The molecule has 0 bridgehead atoms. The van der Waals surface area contributed by atoms with Crippen LogP contribution in [0.1, 0.15) is 13.8 Å². The van der Waals surface area contributed by atoms with Gasteiger partial charge < -0.3 is 15.2 Å². The van der Waals surface area contributed by atoms with Gasteiger partial charge in [-0.25, -0.2) is 4.79 Å². The zero-order chi connectivity index (χ0) is 19.3. The Labute approximate surface area is 138 Å². The van der Waals surface area contributed by atoms with Gasteiger partial charge >= 0.3 is 5.97 Å². The Hall–Kier alpha value is -2.91. The highest BCUT2D eigenvalue weighted by atomic mass is 16.5. The number of ether oxygens (including phenoxy) is 1. The summed E-state index contributed by atoms with van der Waals surface area (Å²) in [6.07, 6.45) is 4.46. The van der Waals surface area contributed by atoms with Crippen molar-refractivity contribution in [1.29, 1.82) is 5.26 Å².